The first-order valence-electron chi connectivity index (χ1n) is 6.37. The summed E-state index contributed by atoms with van der Waals surface area (Å²) in [5.41, 5.74) is 7.02. The third-order valence-electron chi connectivity index (χ3n) is 2.71. The Bertz CT molecular complexity index is 621. The van der Waals surface area contributed by atoms with E-state index in [4.69, 9.17) is 10.5 Å². The summed E-state index contributed by atoms with van der Waals surface area (Å²) in [6.07, 6.45) is 3.01. The van der Waals surface area contributed by atoms with Crippen LogP contribution in [0, 0.1) is 0 Å². The number of aromatic nitrogens is 4. The number of nitrogen functional groups attached to an aromatic ring is 1. The van der Waals surface area contributed by atoms with Crippen LogP contribution in [-0.4, -0.2) is 32.3 Å². The van der Waals surface area contributed by atoms with Crippen molar-refractivity contribution in [1.82, 2.24) is 19.7 Å². The Balaban J connectivity index is 2.37. The normalized spacial score (nSPS) is 10.8. The molecule has 0 amide bonds. The molecule has 7 heteroatoms. The highest BCUT2D eigenvalue weighted by Crippen LogP contribution is 2.16. The van der Waals surface area contributed by atoms with Gasteiger partial charge in [0.05, 0.1) is 18.5 Å². The second-order valence-corrected chi connectivity index (χ2v) is 4.55. The number of carbonyl (C=O) groups excluding carboxylic acids is 1. The topological polar surface area (TPSA) is 95.9 Å². The summed E-state index contributed by atoms with van der Waals surface area (Å²) in [4.78, 5) is 20.0. The molecule has 0 saturated heterocycles. The first kappa shape index (κ1) is 14.0. The molecule has 2 aromatic heterocycles. The van der Waals surface area contributed by atoms with E-state index in [9.17, 15) is 4.79 Å². The maximum atomic E-state index is 11.7. The van der Waals surface area contributed by atoms with Gasteiger partial charge in [0.25, 0.3) is 0 Å². The second-order valence-electron chi connectivity index (χ2n) is 4.55. The molecule has 0 fully saturated rings. The summed E-state index contributed by atoms with van der Waals surface area (Å²) in [5, 5.41) is 4.13. The first-order valence-corrected chi connectivity index (χ1v) is 6.37. The molecule has 106 valence electrons. The molecule has 0 bridgehead atoms. The first-order chi connectivity index (χ1) is 9.52. The zero-order valence-electron chi connectivity index (χ0n) is 11.7. The van der Waals surface area contributed by atoms with Crippen LogP contribution in [-0.2, 0) is 4.74 Å². The zero-order chi connectivity index (χ0) is 14.7. The van der Waals surface area contributed by atoms with E-state index in [2.05, 4.69) is 15.1 Å². The third-order valence-corrected chi connectivity index (χ3v) is 2.71. The number of esters is 1. The van der Waals surface area contributed by atoms with Crippen LogP contribution >= 0.6 is 0 Å². The van der Waals surface area contributed by atoms with Crippen LogP contribution < -0.4 is 5.73 Å². The molecule has 2 heterocycles. The Hall–Kier alpha value is -2.44. The molecular formula is C13H17N5O2. The van der Waals surface area contributed by atoms with Crippen LogP contribution in [0.2, 0.25) is 0 Å². The lowest BCUT2D eigenvalue weighted by Gasteiger charge is -2.05. The fourth-order valence-corrected chi connectivity index (χ4v) is 1.67. The fourth-order valence-electron chi connectivity index (χ4n) is 1.67. The van der Waals surface area contributed by atoms with Gasteiger partial charge in [-0.1, -0.05) is 13.8 Å². The molecule has 0 saturated carbocycles. The Morgan fingerprint density at radius 2 is 2.20 bits per heavy atom. The van der Waals surface area contributed by atoms with Gasteiger partial charge in [0.15, 0.2) is 11.5 Å². The lowest BCUT2D eigenvalue weighted by molar-refractivity contribution is 0.0520. The molecule has 7 nitrogen and oxygen atoms in total. The van der Waals surface area contributed by atoms with E-state index in [-0.39, 0.29) is 23.9 Å². The predicted molar refractivity (Wildman–Crippen MR) is 73.6 cm³/mol. The van der Waals surface area contributed by atoms with Gasteiger partial charge < -0.3 is 10.5 Å². The Morgan fingerprint density at radius 1 is 1.45 bits per heavy atom. The van der Waals surface area contributed by atoms with Crippen molar-refractivity contribution in [3.05, 3.63) is 30.0 Å². The van der Waals surface area contributed by atoms with Crippen molar-refractivity contribution >= 4 is 11.7 Å². The molecule has 2 N–H and O–H groups in total. The molecule has 0 radical (unpaired) electrons. The van der Waals surface area contributed by atoms with Crippen LogP contribution in [0.4, 0.5) is 5.69 Å². The standard InChI is InChI=1S/C13H17N5O2/c1-4-20-13(19)12-9(14)6-18(17-12)11-5-10(8(2)3)15-7-16-11/h5-8H,4,14H2,1-3H3. The largest absolute Gasteiger partial charge is 0.461 e. The van der Waals surface area contributed by atoms with E-state index in [1.54, 1.807) is 13.1 Å². The van der Waals surface area contributed by atoms with Crippen molar-refractivity contribution < 1.29 is 9.53 Å². The second kappa shape index (κ2) is 5.68. The van der Waals surface area contributed by atoms with Crippen LogP contribution in [0.25, 0.3) is 5.82 Å². The summed E-state index contributed by atoms with van der Waals surface area (Å²) in [5.74, 6) is 0.294. The Kier molecular flexibility index (Phi) is 3.97. The van der Waals surface area contributed by atoms with E-state index in [0.29, 0.717) is 5.82 Å². The van der Waals surface area contributed by atoms with Gasteiger partial charge >= 0.3 is 5.97 Å². The van der Waals surface area contributed by atoms with Gasteiger partial charge in [-0.15, -0.1) is 0 Å². The van der Waals surface area contributed by atoms with Gasteiger partial charge in [0.2, 0.25) is 0 Å². The van der Waals surface area contributed by atoms with Crippen molar-refractivity contribution in [3.8, 4) is 5.82 Å². The molecule has 0 aliphatic heterocycles. The van der Waals surface area contributed by atoms with Crippen LogP contribution in [0.3, 0.4) is 0 Å². The molecule has 0 aliphatic carbocycles. The number of nitrogens with two attached hydrogens (primary N) is 1. The van der Waals surface area contributed by atoms with Gasteiger partial charge in [-0.3, -0.25) is 0 Å². The molecule has 0 aliphatic rings. The molecule has 2 aromatic rings. The highest BCUT2D eigenvalue weighted by molar-refractivity contribution is 5.92. The van der Waals surface area contributed by atoms with E-state index >= 15 is 0 Å². The van der Waals surface area contributed by atoms with Crippen molar-refractivity contribution in [2.75, 3.05) is 12.3 Å². The summed E-state index contributed by atoms with van der Waals surface area (Å²) in [6.45, 7) is 6.07. The minimum atomic E-state index is -0.540. The van der Waals surface area contributed by atoms with Gasteiger partial charge in [-0.05, 0) is 12.8 Å². The molecular weight excluding hydrogens is 258 g/mol. The minimum absolute atomic E-state index is 0.0940. The average Bonchev–Trinajstić information content (AvgIpc) is 2.81. The SMILES string of the molecule is CCOC(=O)c1nn(-c2cc(C(C)C)ncn2)cc1N. The number of ether oxygens (including phenoxy) is 1. The number of hydrogen-bond acceptors (Lipinski definition) is 6. The number of carbonyl (C=O) groups is 1. The zero-order valence-corrected chi connectivity index (χ0v) is 11.7. The number of nitrogens with zero attached hydrogens (tertiary/aromatic N) is 4. The van der Waals surface area contributed by atoms with E-state index < -0.39 is 5.97 Å². The van der Waals surface area contributed by atoms with E-state index in [0.717, 1.165) is 5.69 Å². The molecule has 20 heavy (non-hydrogen) atoms. The predicted octanol–water partition coefficient (Wildman–Crippen LogP) is 1.54. The van der Waals surface area contributed by atoms with E-state index in [1.807, 2.05) is 19.9 Å². The smallest absolute Gasteiger partial charge is 0.361 e. The van der Waals surface area contributed by atoms with Crippen LogP contribution in [0.5, 0.6) is 0 Å². The highest BCUT2D eigenvalue weighted by Gasteiger charge is 2.17. The average molecular weight is 275 g/mol. The Labute approximate surface area is 116 Å². The summed E-state index contributed by atoms with van der Waals surface area (Å²) in [7, 11) is 0. The summed E-state index contributed by atoms with van der Waals surface area (Å²) in [6, 6.07) is 1.81. The number of hydrogen-bond donors (Lipinski definition) is 1. The number of rotatable bonds is 4. The third kappa shape index (κ3) is 2.76. The molecule has 0 spiro atoms. The van der Waals surface area contributed by atoms with Gasteiger partial charge in [-0.25, -0.2) is 19.4 Å². The molecule has 2 rings (SSSR count). The maximum Gasteiger partial charge on any atom is 0.361 e. The van der Waals surface area contributed by atoms with E-state index in [1.165, 1.54) is 11.0 Å². The lowest BCUT2D eigenvalue weighted by Crippen LogP contribution is -2.09. The van der Waals surface area contributed by atoms with Crippen molar-refractivity contribution in [1.29, 1.82) is 0 Å². The summed E-state index contributed by atoms with van der Waals surface area (Å²) >= 11 is 0. The monoisotopic (exact) mass is 275 g/mol. The molecule has 0 unspecified atom stereocenters. The summed E-state index contributed by atoms with van der Waals surface area (Å²) < 4.78 is 6.35. The highest BCUT2D eigenvalue weighted by atomic mass is 16.5. The molecule has 0 aromatic carbocycles. The lowest BCUT2D eigenvalue weighted by atomic mass is 10.1. The quantitative estimate of drug-likeness (QED) is 0.850. The maximum absolute atomic E-state index is 11.7. The van der Waals surface area contributed by atoms with Crippen molar-refractivity contribution in [3.63, 3.8) is 0 Å². The van der Waals surface area contributed by atoms with Gasteiger partial charge in [0.1, 0.15) is 6.33 Å². The van der Waals surface area contributed by atoms with Crippen molar-refractivity contribution in [2.24, 2.45) is 0 Å². The minimum Gasteiger partial charge on any atom is -0.461 e. The van der Waals surface area contributed by atoms with Gasteiger partial charge in [0, 0.05) is 11.8 Å². The fraction of sp³-hybridized carbons (Fsp3) is 0.385. The Morgan fingerprint density at radius 3 is 2.85 bits per heavy atom. The number of anilines is 1. The van der Waals surface area contributed by atoms with Crippen molar-refractivity contribution in [2.45, 2.75) is 26.7 Å². The molecule has 0 atom stereocenters. The van der Waals surface area contributed by atoms with Gasteiger partial charge in [-0.2, -0.15) is 5.10 Å². The van der Waals surface area contributed by atoms with Crippen LogP contribution in [0.15, 0.2) is 18.6 Å². The van der Waals surface area contributed by atoms with Crippen LogP contribution in [0.1, 0.15) is 42.9 Å².